The predicted octanol–water partition coefficient (Wildman–Crippen LogP) is 0.231. The maximum atomic E-state index is 11.5. The molecule has 0 atom stereocenters. The molecular weight excluding hydrogens is 196 g/mol. The van der Waals surface area contributed by atoms with Crippen LogP contribution in [-0.2, 0) is 4.79 Å². The summed E-state index contributed by atoms with van der Waals surface area (Å²) in [5.41, 5.74) is 1.36. The summed E-state index contributed by atoms with van der Waals surface area (Å²) in [5.74, 6) is -0.240. The molecule has 2 heterocycles. The molecule has 0 radical (unpaired) electrons. The Bertz CT molecular complexity index is 418. The van der Waals surface area contributed by atoms with Gasteiger partial charge >= 0.3 is 6.03 Å². The van der Waals surface area contributed by atoms with Gasteiger partial charge in [0, 0.05) is 13.0 Å². The van der Waals surface area contributed by atoms with Crippen LogP contribution in [0.1, 0.15) is 12.1 Å². The van der Waals surface area contributed by atoms with Crippen LogP contribution in [0.25, 0.3) is 0 Å². The van der Waals surface area contributed by atoms with Crippen molar-refractivity contribution in [3.8, 4) is 0 Å². The lowest BCUT2D eigenvalue weighted by molar-refractivity contribution is -0.120. The zero-order valence-electron chi connectivity index (χ0n) is 8.23. The number of nitrogens with zero attached hydrogens (tertiary/aromatic N) is 3. The first-order valence-electron chi connectivity index (χ1n) is 4.58. The van der Waals surface area contributed by atoms with E-state index in [1.165, 1.54) is 11.1 Å². The fraction of sp³-hybridized carbons (Fsp3) is 0.333. The smallest absolute Gasteiger partial charge is 0.292 e. The van der Waals surface area contributed by atoms with Crippen molar-refractivity contribution >= 4 is 17.6 Å². The van der Waals surface area contributed by atoms with Crippen molar-refractivity contribution in [2.24, 2.45) is 0 Å². The van der Waals surface area contributed by atoms with Crippen LogP contribution < -0.4 is 10.2 Å². The number of anilines is 1. The summed E-state index contributed by atoms with van der Waals surface area (Å²) in [6.07, 6.45) is 1.83. The number of rotatable bonds is 1. The van der Waals surface area contributed by atoms with E-state index < -0.39 is 6.03 Å². The SMILES string of the molecule is Cc1nnccc1N1CCC(=O)NC1=O. The third-order valence-electron chi connectivity index (χ3n) is 2.22. The van der Waals surface area contributed by atoms with Gasteiger partial charge in [0.25, 0.3) is 0 Å². The monoisotopic (exact) mass is 206 g/mol. The Labute approximate surface area is 86.3 Å². The van der Waals surface area contributed by atoms with Crippen molar-refractivity contribution in [3.05, 3.63) is 18.0 Å². The predicted molar refractivity (Wildman–Crippen MR) is 52.3 cm³/mol. The molecule has 1 aromatic rings. The highest BCUT2D eigenvalue weighted by Gasteiger charge is 2.25. The second kappa shape index (κ2) is 3.64. The number of hydrogen-bond donors (Lipinski definition) is 1. The molecule has 0 aliphatic carbocycles. The second-order valence-corrected chi connectivity index (χ2v) is 3.26. The maximum Gasteiger partial charge on any atom is 0.328 e. The fourth-order valence-electron chi connectivity index (χ4n) is 1.47. The highest BCUT2D eigenvalue weighted by Crippen LogP contribution is 2.18. The molecule has 1 saturated heterocycles. The molecule has 0 unspecified atom stereocenters. The Balaban J connectivity index is 2.28. The van der Waals surface area contributed by atoms with Crippen LogP contribution in [-0.4, -0.2) is 28.7 Å². The lowest BCUT2D eigenvalue weighted by Crippen LogP contribution is -2.49. The number of hydrogen-bond acceptors (Lipinski definition) is 4. The summed E-state index contributed by atoms with van der Waals surface area (Å²) in [7, 11) is 0. The minimum absolute atomic E-state index is 0.240. The summed E-state index contributed by atoms with van der Waals surface area (Å²) < 4.78 is 0. The highest BCUT2D eigenvalue weighted by molar-refractivity contribution is 6.05. The minimum atomic E-state index is -0.401. The Kier molecular flexibility index (Phi) is 2.32. The molecule has 0 bridgehead atoms. The number of carbonyl (C=O) groups excluding carboxylic acids is 2. The molecule has 1 aromatic heterocycles. The van der Waals surface area contributed by atoms with Crippen LogP contribution in [0.4, 0.5) is 10.5 Å². The third-order valence-corrected chi connectivity index (χ3v) is 2.22. The number of urea groups is 1. The molecule has 3 amide bonds. The van der Waals surface area contributed by atoms with Crippen LogP contribution in [0.3, 0.4) is 0 Å². The molecule has 6 nitrogen and oxygen atoms in total. The lowest BCUT2D eigenvalue weighted by atomic mass is 10.2. The number of amides is 3. The van der Waals surface area contributed by atoms with Gasteiger partial charge in [-0.1, -0.05) is 0 Å². The van der Waals surface area contributed by atoms with Gasteiger partial charge in [0.15, 0.2) is 0 Å². The molecule has 1 aliphatic heterocycles. The molecule has 15 heavy (non-hydrogen) atoms. The summed E-state index contributed by atoms with van der Waals surface area (Å²) >= 11 is 0. The van der Waals surface area contributed by atoms with Gasteiger partial charge in [-0.2, -0.15) is 10.2 Å². The van der Waals surface area contributed by atoms with Gasteiger partial charge in [-0.15, -0.1) is 0 Å². The largest absolute Gasteiger partial charge is 0.328 e. The molecule has 1 N–H and O–H groups in total. The quantitative estimate of drug-likeness (QED) is 0.713. The minimum Gasteiger partial charge on any atom is -0.292 e. The van der Waals surface area contributed by atoms with E-state index >= 15 is 0 Å². The van der Waals surface area contributed by atoms with Gasteiger partial charge in [-0.3, -0.25) is 15.0 Å². The van der Waals surface area contributed by atoms with Gasteiger partial charge in [0.05, 0.1) is 17.6 Å². The van der Waals surface area contributed by atoms with E-state index in [9.17, 15) is 9.59 Å². The van der Waals surface area contributed by atoms with Crippen molar-refractivity contribution in [1.29, 1.82) is 0 Å². The topological polar surface area (TPSA) is 75.2 Å². The zero-order valence-corrected chi connectivity index (χ0v) is 8.23. The van der Waals surface area contributed by atoms with Crippen molar-refractivity contribution in [3.63, 3.8) is 0 Å². The van der Waals surface area contributed by atoms with Crippen molar-refractivity contribution in [1.82, 2.24) is 15.5 Å². The van der Waals surface area contributed by atoms with Gasteiger partial charge < -0.3 is 0 Å². The van der Waals surface area contributed by atoms with Gasteiger partial charge in [-0.25, -0.2) is 4.79 Å². The van der Waals surface area contributed by atoms with Gasteiger partial charge in [0.1, 0.15) is 0 Å². The van der Waals surface area contributed by atoms with E-state index in [2.05, 4.69) is 15.5 Å². The van der Waals surface area contributed by atoms with E-state index in [0.717, 1.165) is 0 Å². The van der Waals surface area contributed by atoms with Crippen molar-refractivity contribution in [2.45, 2.75) is 13.3 Å². The molecule has 2 rings (SSSR count). The summed E-state index contributed by atoms with van der Waals surface area (Å²) in [6.45, 7) is 2.16. The van der Waals surface area contributed by atoms with Gasteiger partial charge in [0.2, 0.25) is 5.91 Å². The van der Waals surface area contributed by atoms with E-state index in [-0.39, 0.29) is 5.91 Å². The van der Waals surface area contributed by atoms with E-state index in [0.29, 0.717) is 24.3 Å². The molecule has 1 aliphatic rings. The molecular formula is C9H10N4O2. The Morgan fingerprint density at radius 2 is 2.27 bits per heavy atom. The highest BCUT2D eigenvalue weighted by atomic mass is 16.2. The summed E-state index contributed by atoms with van der Waals surface area (Å²) in [5, 5.41) is 9.81. The molecule has 1 fully saturated rings. The number of aryl methyl sites for hydroxylation is 1. The average Bonchev–Trinajstić information content (AvgIpc) is 2.20. The fourth-order valence-corrected chi connectivity index (χ4v) is 1.47. The number of aromatic nitrogens is 2. The van der Waals surface area contributed by atoms with Crippen molar-refractivity contribution in [2.75, 3.05) is 11.4 Å². The van der Waals surface area contributed by atoms with Crippen LogP contribution in [0.5, 0.6) is 0 Å². The van der Waals surface area contributed by atoms with Crippen LogP contribution in [0.2, 0.25) is 0 Å². The summed E-state index contributed by atoms with van der Waals surface area (Å²) in [4.78, 5) is 23.9. The lowest BCUT2D eigenvalue weighted by Gasteiger charge is -2.26. The number of imide groups is 1. The summed E-state index contributed by atoms with van der Waals surface area (Å²) in [6, 6.07) is 1.31. The van der Waals surface area contributed by atoms with E-state index in [1.54, 1.807) is 13.0 Å². The first-order chi connectivity index (χ1) is 7.18. The maximum absolute atomic E-state index is 11.5. The Morgan fingerprint density at radius 1 is 1.47 bits per heavy atom. The molecule has 6 heteroatoms. The van der Waals surface area contributed by atoms with Crippen LogP contribution in [0, 0.1) is 6.92 Å². The normalized spacial score (nSPS) is 16.5. The Morgan fingerprint density at radius 3 is 2.93 bits per heavy atom. The van der Waals surface area contributed by atoms with Gasteiger partial charge in [-0.05, 0) is 13.0 Å². The van der Waals surface area contributed by atoms with E-state index in [4.69, 9.17) is 0 Å². The van der Waals surface area contributed by atoms with Crippen LogP contribution in [0.15, 0.2) is 12.3 Å². The third kappa shape index (κ3) is 1.78. The zero-order chi connectivity index (χ0) is 10.8. The van der Waals surface area contributed by atoms with Crippen molar-refractivity contribution < 1.29 is 9.59 Å². The number of nitrogens with one attached hydrogen (secondary N) is 1. The molecule has 0 saturated carbocycles. The first-order valence-corrected chi connectivity index (χ1v) is 4.58. The number of carbonyl (C=O) groups is 2. The first kappa shape index (κ1) is 9.57. The second-order valence-electron chi connectivity index (χ2n) is 3.26. The standard InChI is InChI=1S/C9H10N4O2/c1-6-7(2-4-10-12-6)13-5-3-8(14)11-9(13)15/h2,4H,3,5H2,1H3,(H,11,14,15). The van der Waals surface area contributed by atoms with E-state index in [1.807, 2.05) is 0 Å². The van der Waals surface area contributed by atoms with Crippen LogP contribution >= 0.6 is 0 Å². The Hall–Kier alpha value is -1.98. The average molecular weight is 206 g/mol. The molecule has 0 aromatic carbocycles. The molecule has 0 spiro atoms. The molecule has 78 valence electrons.